The van der Waals surface area contributed by atoms with Gasteiger partial charge in [0.25, 0.3) is 0 Å². The molecule has 0 bridgehead atoms. The molecule has 2 heterocycles. The molecule has 0 aliphatic carbocycles. The molecule has 1 atom stereocenters. The lowest BCUT2D eigenvalue weighted by atomic mass is 9.93. The first kappa shape index (κ1) is 14.3. The van der Waals surface area contributed by atoms with Crippen LogP contribution in [-0.2, 0) is 11.3 Å². The molecule has 2 rings (SSSR count). The monoisotopic (exact) mass is 282 g/mol. The zero-order valence-corrected chi connectivity index (χ0v) is 11.5. The lowest BCUT2D eigenvalue weighted by molar-refractivity contribution is -0.148. The van der Waals surface area contributed by atoms with Gasteiger partial charge in [0.1, 0.15) is 5.54 Å². The maximum absolute atomic E-state index is 12.2. The van der Waals surface area contributed by atoms with Gasteiger partial charge in [-0.15, -0.1) is 0 Å². The number of nitrogens with one attached hydrogen (secondary N) is 1. The van der Waals surface area contributed by atoms with E-state index in [0.717, 1.165) is 0 Å². The molecule has 20 heavy (non-hydrogen) atoms. The maximum Gasteiger partial charge on any atom is 0.329 e. The van der Waals surface area contributed by atoms with Crippen molar-refractivity contribution in [3.63, 3.8) is 0 Å². The Balaban J connectivity index is 2.02. The highest BCUT2D eigenvalue weighted by atomic mass is 16.5. The number of urea groups is 1. The SMILES string of the molecule is CCC1(C(=O)O)CCCN1C(=O)NCc1noc(C)n1. The van der Waals surface area contributed by atoms with Gasteiger partial charge in [-0.05, 0) is 19.3 Å². The highest BCUT2D eigenvalue weighted by Gasteiger charge is 2.48. The third kappa shape index (κ3) is 2.45. The van der Waals surface area contributed by atoms with E-state index >= 15 is 0 Å². The van der Waals surface area contributed by atoms with Gasteiger partial charge in [-0.2, -0.15) is 4.98 Å². The van der Waals surface area contributed by atoms with Gasteiger partial charge in [-0.1, -0.05) is 12.1 Å². The third-order valence-electron chi connectivity index (χ3n) is 3.68. The number of nitrogens with zero attached hydrogens (tertiary/aromatic N) is 3. The van der Waals surface area contributed by atoms with Gasteiger partial charge in [-0.25, -0.2) is 9.59 Å². The maximum atomic E-state index is 12.2. The molecule has 1 aliphatic heterocycles. The molecule has 1 saturated heterocycles. The van der Waals surface area contributed by atoms with Gasteiger partial charge < -0.3 is 19.8 Å². The van der Waals surface area contributed by atoms with Crippen LogP contribution in [0.4, 0.5) is 4.79 Å². The van der Waals surface area contributed by atoms with Crippen LogP contribution in [0.1, 0.15) is 37.9 Å². The standard InChI is InChI=1S/C12H18N4O4/c1-3-12(10(17)18)5-4-6-16(12)11(19)13-7-9-14-8(2)20-15-9/h3-7H2,1-2H3,(H,13,19)(H,17,18). The molecular weight excluding hydrogens is 264 g/mol. The van der Waals surface area contributed by atoms with Crippen LogP contribution < -0.4 is 5.32 Å². The van der Waals surface area contributed by atoms with E-state index in [9.17, 15) is 14.7 Å². The smallest absolute Gasteiger partial charge is 0.329 e. The molecule has 1 fully saturated rings. The van der Waals surface area contributed by atoms with Gasteiger partial charge in [0.05, 0.1) is 6.54 Å². The Labute approximate surface area is 116 Å². The van der Waals surface area contributed by atoms with Crippen molar-refractivity contribution >= 4 is 12.0 Å². The van der Waals surface area contributed by atoms with Crippen molar-refractivity contribution in [3.05, 3.63) is 11.7 Å². The molecule has 2 N–H and O–H groups in total. The van der Waals surface area contributed by atoms with Crippen LogP contribution in [0.25, 0.3) is 0 Å². The summed E-state index contributed by atoms with van der Waals surface area (Å²) in [5.74, 6) is -0.167. The summed E-state index contributed by atoms with van der Waals surface area (Å²) >= 11 is 0. The van der Waals surface area contributed by atoms with Gasteiger partial charge >= 0.3 is 12.0 Å². The number of carbonyl (C=O) groups excluding carboxylic acids is 1. The van der Waals surface area contributed by atoms with Crippen LogP contribution in [0.15, 0.2) is 4.52 Å². The lowest BCUT2D eigenvalue weighted by Gasteiger charge is -2.33. The highest BCUT2D eigenvalue weighted by molar-refractivity contribution is 5.87. The normalized spacial score (nSPS) is 22.0. The Morgan fingerprint density at radius 2 is 2.30 bits per heavy atom. The number of carboxylic acid groups (broad SMARTS) is 1. The number of likely N-dealkylation sites (tertiary alicyclic amines) is 1. The first-order chi connectivity index (χ1) is 9.49. The van der Waals surface area contributed by atoms with Crippen LogP contribution in [0.3, 0.4) is 0 Å². The average Bonchev–Trinajstić information content (AvgIpc) is 3.02. The van der Waals surface area contributed by atoms with Crippen molar-refractivity contribution in [2.24, 2.45) is 0 Å². The number of aryl methyl sites for hydroxylation is 1. The van der Waals surface area contributed by atoms with E-state index in [-0.39, 0.29) is 6.54 Å². The molecular formula is C12H18N4O4. The number of aromatic nitrogens is 2. The van der Waals surface area contributed by atoms with Crippen molar-refractivity contribution in [1.29, 1.82) is 0 Å². The summed E-state index contributed by atoms with van der Waals surface area (Å²) in [5, 5.41) is 15.7. The van der Waals surface area contributed by atoms with Crippen LogP contribution in [-0.4, -0.2) is 44.2 Å². The topological polar surface area (TPSA) is 109 Å². The Hall–Kier alpha value is -2.12. The summed E-state index contributed by atoms with van der Waals surface area (Å²) in [6, 6.07) is -0.408. The molecule has 0 spiro atoms. The van der Waals surface area contributed by atoms with Crippen LogP contribution in [0.2, 0.25) is 0 Å². The Morgan fingerprint density at radius 1 is 1.55 bits per heavy atom. The molecule has 0 aromatic carbocycles. The number of carboxylic acids is 1. The van der Waals surface area contributed by atoms with E-state index in [1.165, 1.54) is 4.90 Å². The second kappa shape index (κ2) is 5.48. The summed E-state index contributed by atoms with van der Waals surface area (Å²) in [7, 11) is 0. The molecule has 1 unspecified atom stereocenters. The lowest BCUT2D eigenvalue weighted by Crippen LogP contribution is -2.55. The fraction of sp³-hybridized carbons (Fsp3) is 0.667. The minimum atomic E-state index is -1.10. The number of aliphatic carboxylic acids is 1. The molecule has 8 heteroatoms. The van der Waals surface area contributed by atoms with Gasteiger partial charge in [0.2, 0.25) is 5.89 Å². The van der Waals surface area contributed by atoms with Crippen molar-refractivity contribution in [2.45, 2.75) is 45.2 Å². The Morgan fingerprint density at radius 3 is 2.85 bits per heavy atom. The van der Waals surface area contributed by atoms with E-state index in [2.05, 4.69) is 15.5 Å². The van der Waals surface area contributed by atoms with Crippen LogP contribution in [0, 0.1) is 6.92 Å². The first-order valence-corrected chi connectivity index (χ1v) is 6.57. The van der Waals surface area contributed by atoms with Crippen molar-refractivity contribution < 1.29 is 19.2 Å². The molecule has 1 aromatic rings. The second-order valence-corrected chi connectivity index (χ2v) is 4.83. The molecule has 0 radical (unpaired) electrons. The van der Waals surface area contributed by atoms with E-state index < -0.39 is 17.5 Å². The number of amides is 2. The summed E-state index contributed by atoms with van der Waals surface area (Å²) < 4.78 is 4.80. The second-order valence-electron chi connectivity index (χ2n) is 4.83. The Kier molecular flexibility index (Phi) is 3.91. The summed E-state index contributed by atoms with van der Waals surface area (Å²) in [6.07, 6.45) is 1.56. The average molecular weight is 282 g/mol. The number of hydrogen-bond acceptors (Lipinski definition) is 5. The Bertz CT molecular complexity index is 515. The van der Waals surface area contributed by atoms with E-state index in [1.54, 1.807) is 13.8 Å². The molecule has 0 saturated carbocycles. The largest absolute Gasteiger partial charge is 0.479 e. The third-order valence-corrected chi connectivity index (χ3v) is 3.68. The summed E-state index contributed by atoms with van der Waals surface area (Å²) in [6.45, 7) is 4.00. The van der Waals surface area contributed by atoms with Crippen LogP contribution >= 0.6 is 0 Å². The van der Waals surface area contributed by atoms with E-state index in [0.29, 0.717) is 37.5 Å². The van der Waals surface area contributed by atoms with Gasteiger partial charge in [-0.3, -0.25) is 0 Å². The number of hydrogen-bond donors (Lipinski definition) is 2. The van der Waals surface area contributed by atoms with E-state index in [1.807, 2.05) is 0 Å². The van der Waals surface area contributed by atoms with Gasteiger partial charge in [0.15, 0.2) is 5.82 Å². The quantitative estimate of drug-likeness (QED) is 0.850. The van der Waals surface area contributed by atoms with Crippen molar-refractivity contribution in [1.82, 2.24) is 20.4 Å². The zero-order chi connectivity index (χ0) is 14.8. The fourth-order valence-corrected chi connectivity index (χ4v) is 2.58. The summed E-state index contributed by atoms with van der Waals surface area (Å²) in [5.41, 5.74) is -1.10. The van der Waals surface area contributed by atoms with Crippen LogP contribution in [0.5, 0.6) is 0 Å². The molecule has 110 valence electrons. The number of carbonyl (C=O) groups is 2. The predicted molar refractivity (Wildman–Crippen MR) is 67.9 cm³/mol. The minimum Gasteiger partial charge on any atom is -0.479 e. The fourth-order valence-electron chi connectivity index (χ4n) is 2.58. The van der Waals surface area contributed by atoms with Gasteiger partial charge in [0, 0.05) is 13.5 Å². The highest BCUT2D eigenvalue weighted by Crippen LogP contribution is 2.32. The van der Waals surface area contributed by atoms with Crippen molar-refractivity contribution in [2.75, 3.05) is 6.54 Å². The number of rotatable bonds is 4. The van der Waals surface area contributed by atoms with E-state index in [4.69, 9.17) is 4.52 Å². The minimum absolute atomic E-state index is 0.117. The zero-order valence-electron chi connectivity index (χ0n) is 11.5. The molecule has 8 nitrogen and oxygen atoms in total. The molecule has 1 aromatic heterocycles. The molecule has 2 amide bonds. The van der Waals surface area contributed by atoms with Crippen molar-refractivity contribution in [3.8, 4) is 0 Å². The summed E-state index contributed by atoms with van der Waals surface area (Å²) in [4.78, 5) is 29.0. The predicted octanol–water partition coefficient (Wildman–Crippen LogP) is 0.917. The first-order valence-electron chi connectivity index (χ1n) is 6.57. The molecule has 1 aliphatic rings.